The van der Waals surface area contributed by atoms with E-state index in [1.165, 1.54) is 38.0 Å². The van der Waals surface area contributed by atoms with Crippen molar-refractivity contribution in [3.8, 4) is 0 Å². The van der Waals surface area contributed by atoms with E-state index in [4.69, 9.17) is 4.74 Å². The van der Waals surface area contributed by atoms with Crippen molar-refractivity contribution < 1.29 is 4.74 Å². The minimum absolute atomic E-state index is 0. The minimum atomic E-state index is 0. The molecule has 130 valence electrons. The Morgan fingerprint density at radius 3 is 3.00 bits per heavy atom. The molecule has 5 nitrogen and oxygen atoms in total. The molecule has 0 bridgehead atoms. The molecule has 2 saturated heterocycles. The summed E-state index contributed by atoms with van der Waals surface area (Å²) in [6.45, 7) is 5.02. The van der Waals surface area contributed by atoms with Crippen LogP contribution < -0.4 is 10.6 Å². The lowest BCUT2D eigenvalue weighted by Crippen LogP contribution is -2.51. The van der Waals surface area contributed by atoms with Gasteiger partial charge in [-0.2, -0.15) is 11.8 Å². The lowest BCUT2D eigenvalue weighted by Gasteiger charge is -2.35. The number of fused-ring (bicyclic) bond motifs is 1. The summed E-state index contributed by atoms with van der Waals surface area (Å²) in [5, 5.41) is 6.77. The Kier molecular flexibility index (Phi) is 10.9. The predicted octanol–water partition coefficient (Wildman–Crippen LogP) is 1.78. The van der Waals surface area contributed by atoms with Crippen molar-refractivity contribution in [3.05, 3.63) is 0 Å². The van der Waals surface area contributed by atoms with E-state index >= 15 is 0 Å². The van der Waals surface area contributed by atoms with Gasteiger partial charge in [0.05, 0.1) is 12.7 Å². The maximum atomic E-state index is 5.95. The van der Waals surface area contributed by atoms with Gasteiger partial charge in [-0.15, -0.1) is 24.0 Å². The van der Waals surface area contributed by atoms with Crippen LogP contribution in [0.4, 0.5) is 0 Å². The third-order valence-corrected chi connectivity index (χ3v) is 4.95. The Bertz CT molecular complexity index is 333. The molecule has 2 rings (SSSR count). The second kappa shape index (κ2) is 11.8. The number of rotatable bonds is 7. The van der Waals surface area contributed by atoms with E-state index in [9.17, 15) is 0 Å². The van der Waals surface area contributed by atoms with E-state index in [0.717, 1.165) is 32.2 Å². The lowest BCUT2D eigenvalue weighted by molar-refractivity contribution is -0.0453. The monoisotopic (exact) mass is 442 g/mol. The summed E-state index contributed by atoms with van der Waals surface area (Å²) >= 11 is 1.91. The molecule has 0 amide bonds. The Hall–Kier alpha value is 0.270. The van der Waals surface area contributed by atoms with Crippen LogP contribution >= 0.6 is 35.7 Å². The highest BCUT2D eigenvalue weighted by Gasteiger charge is 2.31. The smallest absolute Gasteiger partial charge is 0.191 e. The molecule has 0 spiro atoms. The van der Waals surface area contributed by atoms with Crippen molar-refractivity contribution >= 4 is 41.7 Å². The number of unbranched alkanes of at least 4 members (excludes halogenated alkanes) is 1. The highest BCUT2D eigenvalue weighted by Crippen LogP contribution is 2.22. The third-order valence-electron chi connectivity index (χ3n) is 4.25. The summed E-state index contributed by atoms with van der Waals surface area (Å²) < 4.78 is 5.95. The number of morpholine rings is 1. The Balaban J connectivity index is 0.00000242. The van der Waals surface area contributed by atoms with Crippen molar-refractivity contribution in [3.63, 3.8) is 0 Å². The van der Waals surface area contributed by atoms with Gasteiger partial charge in [0.1, 0.15) is 0 Å². The number of thioether (sulfide) groups is 1. The van der Waals surface area contributed by atoms with Crippen LogP contribution in [-0.4, -0.2) is 74.8 Å². The number of ether oxygens (including phenoxy) is 1. The van der Waals surface area contributed by atoms with Gasteiger partial charge in [0.25, 0.3) is 0 Å². The minimum Gasteiger partial charge on any atom is -0.373 e. The first-order valence-electron chi connectivity index (χ1n) is 8.12. The molecule has 2 aliphatic rings. The average Bonchev–Trinajstić information content (AvgIpc) is 2.97. The van der Waals surface area contributed by atoms with Gasteiger partial charge >= 0.3 is 0 Å². The first-order valence-corrected chi connectivity index (χ1v) is 9.52. The lowest BCUT2D eigenvalue weighted by atomic mass is 10.2. The van der Waals surface area contributed by atoms with Gasteiger partial charge in [0.15, 0.2) is 5.96 Å². The first-order chi connectivity index (χ1) is 10.3. The van der Waals surface area contributed by atoms with E-state index in [-0.39, 0.29) is 30.1 Å². The van der Waals surface area contributed by atoms with Crippen molar-refractivity contribution in [2.45, 2.75) is 37.8 Å². The van der Waals surface area contributed by atoms with Gasteiger partial charge in [-0.1, -0.05) is 0 Å². The van der Waals surface area contributed by atoms with Gasteiger partial charge in [-0.3, -0.25) is 9.89 Å². The third kappa shape index (κ3) is 6.80. The number of guanidine groups is 1. The number of nitrogens with one attached hydrogen (secondary N) is 2. The molecule has 0 saturated carbocycles. The molecule has 0 aliphatic carbocycles. The van der Waals surface area contributed by atoms with E-state index < -0.39 is 0 Å². The zero-order valence-corrected chi connectivity index (χ0v) is 17.0. The van der Waals surface area contributed by atoms with Crippen LogP contribution in [-0.2, 0) is 4.74 Å². The van der Waals surface area contributed by atoms with Crippen molar-refractivity contribution in [2.75, 3.05) is 51.8 Å². The zero-order valence-electron chi connectivity index (χ0n) is 13.8. The van der Waals surface area contributed by atoms with E-state index in [2.05, 4.69) is 26.8 Å². The molecule has 0 aromatic rings. The quantitative estimate of drug-likeness (QED) is 0.273. The number of aliphatic imine (C=N–C) groups is 1. The second-order valence-corrected chi connectivity index (χ2v) is 6.81. The average molecular weight is 442 g/mol. The van der Waals surface area contributed by atoms with Gasteiger partial charge in [-0.05, 0) is 44.2 Å². The Morgan fingerprint density at radius 2 is 2.23 bits per heavy atom. The summed E-state index contributed by atoms with van der Waals surface area (Å²) in [7, 11) is 1.83. The maximum Gasteiger partial charge on any atom is 0.191 e. The van der Waals surface area contributed by atoms with E-state index in [0.29, 0.717) is 6.04 Å². The van der Waals surface area contributed by atoms with Crippen LogP contribution in [0.5, 0.6) is 0 Å². The molecule has 0 radical (unpaired) electrons. The fourth-order valence-corrected chi connectivity index (χ4v) is 3.51. The SMILES string of the molecule is CN=C(NCCCCSC)NCC1CN2CCCC2CO1.I. The standard InChI is InChI=1S/C15H30N4OS.HI/c1-16-15(17-7-3-4-9-21-2)18-10-14-11-19-8-5-6-13(19)12-20-14;/h13-14H,3-12H2,1-2H3,(H2,16,17,18);1H. The van der Waals surface area contributed by atoms with Gasteiger partial charge < -0.3 is 15.4 Å². The van der Waals surface area contributed by atoms with E-state index in [1.807, 2.05) is 18.8 Å². The highest BCUT2D eigenvalue weighted by molar-refractivity contribution is 14.0. The number of hydrogen-bond acceptors (Lipinski definition) is 4. The molecule has 2 atom stereocenters. The van der Waals surface area contributed by atoms with Crippen LogP contribution in [0.2, 0.25) is 0 Å². The van der Waals surface area contributed by atoms with Crippen molar-refractivity contribution in [1.82, 2.24) is 15.5 Å². The topological polar surface area (TPSA) is 48.9 Å². The molecular formula is C15H31IN4OS. The Labute approximate surface area is 156 Å². The molecular weight excluding hydrogens is 411 g/mol. The molecule has 0 aromatic heterocycles. The molecule has 2 aliphatic heterocycles. The van der Waals surface area contributed by atoms with Crippen molar-refractivity contribution in [1.29, 1.82) is 0 Å². The number of nitrogens with zero attached hydrogens (tertiary/aromatic N) is 2. The zero-order chi connectivity index (χ0) is 14.9. The predicted molar refractivity (Wildman–Crippen MR) is 107 cm³/mol. The van der Waals surface area contributed by atoms with Crippen LogP contribution in [0.1, 0.15) is 25.7 Å². The largest absolute Gasteiger partial charge is 0.373 e. The molecule has 2 fully saturated rings. The molecule has 2 heterocycles. The summed E-state index contributed by atoms with van der Waals surface area (Å²) in [6.07, 6.45) is 7.52. The molecule has 0 aromatic carbocycles. The van der Waals surface area contributed by atoms with Crippen LogP contribution in [0.25, 0.3) is 0 Å². The van der Waals surface area contributed by atoms with Crippen molar-refractivity contribution in [2.24, 2.45) is 4.99 Å². The molecule has 2 unspecified atom stereocenters. The van der Waals surface area contributed by atoms with Crippen LogP contribution in [0.3, 0.4) is 0 Å². The highest BCUT2D eigenvalue weighted by atomic mass is 127. The summed E-state index contributed by atoms with van der Waals surface area (Å²) in [4.78, 5) is 6.85. The summed E-state index contributed by atoms with van der Waals surface area (Å²) in [5.41, 5.74) is 0. The molecule has 7 heteroatoms. The second-order valence-electron chi connectivity index (χ2n) is 5.83. The fourth-order valence-electron chi connectivity index (χ4n) is 3.02. The summed E-state index contributed by atoms with van der Waals surface area (Å²) in [6, 6.07) is 0.676. The normalized spacial score (nSPS) is 25.5. The molecule has 22 heavy (non-hydrogen) atoms. The maximum absolute atomic E-state index is 5.95. The van der Waals surface area contributed by atoms with Crippen LogP contribution in [0.15, 0.2) is 4.99 Å². The van der Waals surface area contributed by atoms with E-state index in [1.54, 1.807) is 0 Å². The van der Waals surface area contributed by atoms with Gasteiger partial charge in [0, 0.05) is 32.7 Å². The molecule has 2 N–H and O–H groups in total. The first kappa shape index (κ1) is 20.3. The van der Waals surface area contributed by atoms with Crippen LogP contribution in [0, 0.1) is 0 Å². The fraction of sp³-hybridized carbons (Fsp3) is 0.933. The Morgan fingerprint density at radius 1 is 1.36 bits per heavy atom. The number of hydrogen-bond donors (Lipinski definition) is 2. The van der Waals surface area contributed by atoms with Gasteiger partial charge in [-0.25, -0.2) is 0 Å². The van der Waals surface area contributed by atoms with Gasteiger partial charge in [0.2, 0.25) is 0 Å². The number of halogens is 1. The summed E-state index contributed by atoms with van der Waals surface area (Å²) in [5.74, 6) is 2.13.